The number of nitrogens with zero attached hydrogens (tertiary/aromatic N) is 3. The molecule has 0 atom stereocenters. The Kier molecular flexibility index (Phi) is 7.76. The van der Waals surface area contributed by atoms with Crippen LogP contribution in [0.3, 0.4) is 0 Å². The first-order valence-electron chi connectivity index (χ1n) is 12.5. The van der Waals surface area contributed by atoms with Gasteiger partial charge in [-0.25, -0.2) is 0 Å². The molecule has 0 unspecified atom stereocenters. The minimum absolute atomic E-state index is 0.173. The minimum Gasteiger partial charge on any atom is -0.489 e. The number of amides is 3. The van der Waals surface area contributed by atoms with Crippen LogP contribution in [-0.2, 0) is 16.2 Å². The van der Waals surface area contributed by atoms with Gasteiger partial charge in [0, 0.05) is 34.6 Å². The number of likely N-dealkylation sites (tertiary alicyclic amines) is 1. The van der Waals surface area contributed by atoms with Gasteiger partial charge in [-0.2, -0.15) is 0 Å². The molecule has 3 heterocycles. The number of hydrogen-bond donors (Lipinski definition) is 0. The summed E-state index contributed by atoms with van der Waals surface area (Å²) in [5.74, 6) is 0.189. The van der Waals surface area contributed by atoms with E-state index < -0.39 is 11.1 Å². The van der Waals surface area contributed by atoms with Crippen molar-refractivity contribution in [2.24, 2.45) is 0 Å². The maximum Gasteiger partial charge on any atom is 0.294 e. The Morgan fingerprint density at radius 1 is 1.03 bits per heavy atom. The van der Waals surface area contributed by atoms with E-state index in [1.807, 2.05) is 68.4 Å². The van der Waals surface area contributed by atoms with Gasteiger partial charge in [0.1, 0.15) is 18.9 Å². The lowest BCUT2D eigenvalue weighted by Crippen LogP contribution is -2.40. The molecule has 2 fully saturated rings. The highest BCUT2D eigenvalue weighted by molar-refractivity contribution is 9.10. The summed E-state index contributed by atoms with van der Waals surface area (Å²) in [4.78, 5) is 41.1. The molecule has 9 heteroatoms. The average Bonchev–Trinajstić information content (AvgIpc) is 3.60. The number of aryl methyl sites for hydroxylation is 1. The van der Waals surface area contributed by atoms with Crippen molar-refractivity contribution >= 4 is 50.8 Å². The molecule has 0 aliphatic carbocycles. The molecule has 2 aliphatic heterocycles. The van der Waals surface area contributed by atoms with Gasteiger partial charge >= 0.3 is 0 Å². The van der Waals surface area contributed by atoms with E-state index in [1.54, 1.807) is 11.0 Å². The van der Waals surface area contributed by atoms with Gasteiger partial charge in [0.05, 0.1) is 4.91 Å². The van der Waals surface area contributed by atoms with Crippen LogP contribution in [0.15, 0.2) is 64.0 Å². The van der Waals surface area contributed by atoms with Gasteiger partial charge in [0.2, 0.25) is 5.91 Å². The van der Waals surface area contributed by atoms with Crippen molar-refractivity contribution in [1.29, 1.82) is 0 Å². The molecule has 2 saturated heterocycles. The number of ether oxygens (including phenoxy) is 1. The van der Waals surface area contributed by atoms with Gasteiger partial charge in [0.15, 0.2) is 0 Å². The van der Waals surface area contributed by atoms with Gasteiger partial charge in [-0.15, -0.1) is 0 Å². The highest BCUT2D eigenvalue weighted by atomic mass is 79.9. The summed E-state index contributed by atoms with van der Waals surface area (Å²) in [5, 5.41) is -0.402. The van der Waals surface area contributed by atoms with E-state index in [4.69, 9.17) is 4.74 Å². The molecule has 1 aromatic heterocycles. The quantitative estimate of drug-likeness (QED) is 0.310. The van der Waals surface area contributed by atoms with E-state index >= 15 is 0 Å². The Morgan fingerprint density at radius 2 is 1.71 bits per heavy atom. The second kappa shape index (κ2) is 11.2. The van der Waals surface area contributed by atoms with Crippen LogP contribution in [0.5, 0.6) is 5.75 Å². The zero-order chi connectivity index (χ0) is 26.8. The third-order valence-corrected chi connectivity index (χ3v) is 8.23. The molecule has 0 spiro atoms. The monoisotopic (exact) mass is 593 g/mol. The van der Waals surface area contributed by atoms with E-state index in [1.165, 1.54) is 0 Å². The lowest BCUT2D eigenvalue weighted by Gasteiger charge is -2.18. The third-order valence-electron chi connectivity index (χ3n) is 6.80. The number of carbonyl (C=O) groups excluding carboxylic acids is 3. The first-order valence-corrected chi connectivity index (χ1v) is 14.1. The van der Waals surface area contributed by atoms with Crippen molar-refractivity contribution in [2.75, 3.05) is 19.6 Å². The van der Waals surface area contributed by atoms with Gasteiger partial charge in [0.25, 0.3) is 11.1 Å². The number of hydrogen-bond acceptors (Lipinski definition) is 5. The normalized spacial score (nSPS) is 16.7. The molecule has 2 aliphatic rings. The first kappa shape index (κ1) is 26.3. The van der Waals surface area contributed by atoms with Gasteiger partial charge in [-0.3, -0.25) is 19.3 Å². The van der Waals surface area contributed by atoms with Crippen LogP contribution >= 0.6 is 27.7 Å². The highest BCUT2D eigenvalue weighted by Crippen LogP contribution is 2.34. The molecule has 2 aromatic carbocycles. The van der Waals surface area contributed by atoms with Crippen LogP contribution in [0, 0.1) is 13.8 Å². The fourth-order valence-electron chi connectivity index (χ4n) is 4.75. The Bertz CT molecular complexity index is 1410. The zero-order valence-corrected chi connectivity index (χ0v) is 23.7. The van der Waals surface area contributed by atoms with Crippen LogP contribution < -0.4 is 4.74 Å². The van der Waals surface area contributed by atoms with Gasteiger partial charge < -0.3 is 14.2 Å². The number of aromatic nitrogens is 1. The number of rotatable bonds is 7. The van der Waals surface area contributed by atoms with Crippen molar-refractivity contribution in [2.45, 2.75) is 33.3 Å². The van der Waals surface area contributed by atoms with Crippen molar-refractivity contribution in [1.82, 2.24) is 14.4 Å². The molecule has 38 heavy (non-hydrogen) atoms. The van der Waals surface area contributed by atoms with E-state index in [0.717, 1.165) is 67.9 Å². The number of imide groups is 1. The minimum atomic E-state index is -0.412. The molecule has 196 valence electrons. The molecule has 3 aromatic rings. The molecular weight excluding hydrogens is 566 g/mol. The van der Waals surface area contributed by atoms with Gasteiger partial charge in [-0.1, -0.05) is 28.1 Å². The van der Waals surface area contributed by atoms with Crippen LogP contribution in [0.25, 0.3) is 11.8 Å². The molecule has 0 bridgehead atoms. The smallest absolute Gasteiger partial charge is 0.294 e. The molecule has 0 N–H and O–H groups in total. The molecule has 7 nitrogen and oxygen atoms in total. The fraction of sp³-hybridized carbons (Fsp3) is 0.276. The van der Waals surface area contributed by atoms with Crippen LogP contribution in [0.2, 0.25) is 0 Å². The topological polar surface area (TPSA) is 71.9 Å². The van der Waals surface area contributed by atoms with Crippen molar-refractivity contribution in [3.63, 3.8) is 0 Å². The lowest BCUT2D eigenvalue weighted by atomic mass is 10.2. The summed E-state index contributed by atoms with van der Waals surface area (Å²) in [6.45, 7) is 5.65. The van der Waals surface area contributed by atoms with Crippen molar-refractivity contribution in [3.05, 3.63) is 86.5 Å². The fourth-order valence-corrected chi connectivity index (χ4v) is 5.84. The van der Waals surface area contributed by atoms with Crippen molar-refractivity contribution in [3.8, 4) is 11.4 Å². The summed E-state index contributed by atoms with van der Waals surface area (Å²) < 4.78 is 9.07. The van der Waals surface area contributed by atoms with Crippen LogP contribution in [0.1, 0.15) is 35.4 Å². The maximum atomic E-state index is 13.0. The summed E-state index contributed by atoms with van der Waals surface area (Å²) in [7, 11) is 0. The van der Waals surface area contributed by atoms with Crippen molar-refractivity contribution < 1.29 is 19.1 Å². The second-order valence-electron chi connectivity index (χ2n) is 9.43. The SMILES string of the molecule is Cc1cc(/C=C2/SC(=O)N(CC(=O)N3CCCC3)C2=O)c(C)n1-c1ccc(OCc2ccc(Br)cc2)cc1. The average molecular weight is 595 g/mol. The summed E-state index contributed by atoms with van der Waals surface area (Å²) in [5.41, 5.74) is 4.87. The number of benzene rings is 2. The number of halogens is 1. The van der Waals surface area contributed by atoms with E-state index in [0.29, 0.717) is 24.6 Å². The van der Waals surface area contributed by atoms with E-state index in [-0.39, 0.29) is 12.5 Å². The number of thioether (sulfide) groups is 1. The molecule has 3 amide bonds. The van der Waals surface area contributed by atoms with E-state index in [2.05, 4.69) is 20.5 Å². The summed E-state index contributed by atoms with van der Waals surface area (Å²) in [6.07, 6.45) is 3.68. The molecular formula is C29H28BrN3O4S. The lowest BCUT2D eigenvalue weighted by molar-refractivity contribution is -0.135. The Balaban J connectivity index is 1.29. The molecule has 5 rings (SSSR count). The first-order chi connectivity index (χ1) is 18.3. The van der Waals surface area contributed by atoms with Crippen LogP contribution in [-0.4, -0.2) is 51.1 Å². The standard InChI is InChI=1S/C29H28BrN3O4S/c1-19-15-22(16-26-28(35)32(29(36)38-26)17-27(34)31-13-3-4-14-31)20(2)33(19)24-9-11-25(12-10-24)37-18-21-5-7-23(30)8-6-21/h5-12,15-16H,3-4,13-14,17-18H2,1-2H3/b26-16+. The Hall–Kier alpha value is -3.30. The second-order valence-corrected chi connectivity index (χ2v) is 11.3. The summed E-state index contributed by atoms with van der Waals surface area (Å²) >= 11 is 4.33. The number of carbonyl (C=O) groups is 3. The highest BCUT2D eigenvalue weighted by Gasteiger charge is 2.37. The van der Waals surface area contributed by atoms with Gasteiger partial charge in [-0.05, 0) is 98.1 Å². The maximum absolute atomic E-state index is 13.0. The molecule has 0 radical (unpaired) electrons. The third kappa shape index (κ3) is 5.59. The Morgan fingerprint density at radius 3 is 2.39 bits per heavy atom. The van der Waals surface area contributed by atoms with Crippen LogP contribution in [0.4, 0.5) is 4.79 Å². The predicted octanol–water partition coefficient (Wildman–Crippen LogP) is 6.09. The molecule has 0 saturated carbocycles. The largest absolute Gasteiger partial charge is 0.489 e. The zero-order valence-electron chi connectivity index (χ0n) is 21.3. The Labute approximate surface area is 234 Å². The summed E-state index contributed by atoms with van der Waals surface area (Å²) in [6, 6.07) is 17.9. The predicted molar refractivity (Wildman–Crippen MR) is 152 cm³/mol. The van der Waals surface area contributed by atoms with E-state index in [9.17, 15) is 14.4 Å².